The number of hydrogen-bond donors (Lipinski definition) is 2. The summed E-state index contributed by atoms with van der Waals surface area (Å²) in [4.78, 5) is 17.4. The summed E-state index contributed by atoms with van der Waals surface area (Å²) in [6.07, 6.45) is 4.71. The molecule has 1 aromatic carbocycles. The predicted molar refractivity (Wildman–Crippen MR) is 121 cm³/mol. The predicted octanol–water partition coefficient (Wildman–Crippen LogP) is 2.62. The monoisotopic (exact) mass is 461 g/mol. The number of benzene rings is 1. The van der Waals surface area contributed by atoms with E-state index in [0.29, 0.717) is 30.5 Å². The fourth-order valence-electron chi connectivity index (χ4n) is 5.69. The molecule has 3 N–H and O–H groups in total. The second kappa shape index (κ2) is 10.6. The molecule has 5 nitrogen and oxygen atoms in total. The summed E-state index contributed by atoms with van der Waals surface area (Å²) < 4.78 is 13.7. The number of rotatable bonds is 4. The molecular weight excluding hydrogens is 428 g/mol. The molecule has 1 amide bonds. The van der Waals surface area contributed by atoms with E-state index in [0.717, 1.165) is 31.5 Å². The molecule has 6 atom stereocenters. The van der Waals surface area contributed by atoms with E-state index < -0.39 is 12.1 Å². The Balaban J connectivity index is 0.00000160. The van der Waals surface area contributed by atoms with Crippen LogP contribution in [0, 0.1) is 17.7 Å². The first-order chi connectivity index (χ1) is 13.4. The molecule has 8 heteroatoms. The van der Waals surface area contributed by atoms with Crippen molar-refractivity contribution in [1.29, 1.82) is 0 Å². The van der Waals surface area contributed by atoms with Crippen LogP contribution in [0.2, 0.25) is 0 Å². The number of nitrogens with zero attached hydrogens (tertiary/aromatic N) is 2. The molecule has 0 radical (unpaired) electrons. The number of carbonyl (C=O) groups is 1. The van der Waals surface area contributed by atoms with Gasteiger partial charge < -0.3 is 15.7 Å². The van der Waals surface area contributed by atoms with E-state index in [9.17, 15) is 14.3 Å². The van der Waals surface area contributed by atoms with E-state index in [-0.39, 0.29) is 36.5 Å². The lowest BCUT2D eigenvalue weighted by Crippen LogP contribution is -2.66. The van der Waals surface area contributed by atoms with Gasteiger partial charge in [0, 0.05) is 25.2 Å². The molecule has 3 fully saturated rings. The fraction of sp³-hybridized carbons (Fsp3) is 0.682. The number of halogens is 3. The van der Waals surface area contributed by atoms with Crippen molar-refractivity contribution in [2.24, 2.45) is 17.6 Å². The summed E-state index contributed by atoms with van der Waals surface area (Å²) >= 11 is 0. The van der Waals surface area contributed by atoms with Gasteiger partial charge in [-0.3, -0.25) is 9.69 Å². The lowest BCUT2D eigenvalue weighted by Gasteiger charge is -2.57. The van der Waals surface area contributed by atoms with E-state index in [1.165, 1.54) is 25.3 Å². The van der Waals surface area contributed by atoms with Gasteiger partial charge in [-0.2, -0.15) is 0 Å². The average Bonchev–Trinajstić information content (AvgIpc) is 2.70. The lowest BCUT2D eigenvalue weighted by atomic mass is 9.71. The van der Waals surface area contributed by atoms with Crippen LogP contribution in [-0.2, 0) is 11.2 Å². The molecule has 170 valence electrons. The van der Waals surface area contributed by atoms with Gasteiger partial charge in [0.1, 0.15) is 11.9 Å². The van der Waals surface area contributed by atoms with Crippen LogP contribution < -0.4 is 5.73 Å². The van der Waals surface area contributed by atoms with E-state index in [4.69, 9.17) is 5.73 Å². The average molecular weight is 462 g/mol. The Bertz CT molecular complexity index is 723. The second-order valence-corrected chi connectivity index (χ2v) is 8.97. The van der Waals surface area contributed by atoms with Crippen molar-refractivity contribution in [3.05, 3.63) is 35.6 Å². The maximum absolute atomic E-state index is 13.7. The number of carbonyl (C=O) groups excluding carboxylic acids is 1. The van der Waals surface area contributed by atoms with Gasteiger partial charge in [0.05, 0.1) is 6.10 Å². The molecule has 3 aliphatic heterocycles. The summed E-state index contributed by atoms with van der Waals surface area (Å²) in [5.41, 5.74) is 6.98. The summed E-state index contributed by atoms with van der Waals surface area (Å²) in [6.45, 7) is 4.09. The minimum atomic E-state index is -0.858. The van der Waals surface area contributed by atoms with Crippen molar-refractivity contribution in [3.8, 4) is 0 Å². The van der Waals surface area contributed by atoms with Crippen molar-refractivity contribution in [3.63, 3.8) is 0 Å². The molecule has 2 bridgehead atoms. The van der Waals surface area contributed by atoms with Gasteiger partial charge in [0.25, 0.3) is 0 Å². The van der Waals surface area contributed by atoms with Crippen LogP contribution in [0.15, 0.2) is 24.3 Å². The Kier molecular flexibility index (Phi) is 8.95. The van der Waals surface area contributed by atoms with Crippen molar-refractivity contribution >= 4 is 30.7 Å². The maximum atomic E-state index is 13.7. The maximum Gasteiger partial charge on any atom is 0.242 e. The summed E-state index contributed by atoms with van der Waals surface area (Å²) in [5.74, 6) is 0.498. The van der Waals surface area contributed by atoms with Crippen LogP contribution in [0.25, 0.3) is 0 Å². The highest BCUT2D eigenvalue weighted by molar-refractivity contribution is 5.85. The first-order valence-corrected chi connectivity index (χ1v) is 10.7. The molecule has 0 spiro atoms. The molecular formula is C22H34Cl2FN3O2. The normalized spacial score (nSPS) is 30.3. The first kappa shape index (κ1) is 25.3. The second-order valence-electron chi connectivity index (χ2n) is 8.97. The van der Waals surface area contributed by atoms with Crippen LogP contribution in [0.3, 0.4) is 0 Å². The van der Waals surface area contributed by atoms with E-state index in [2.05, 4.69) is 4.90 Å². The number of likely N-dealkylation sites (tertiary alicyclic amines) is 1. The van der Waals surface area contributed by atoms with Gasteiger partial charge in [0.15, 0.2) is 0 Å². The number of fused-ring (bicyclic) bond motifs is 4. The van der Waals surface area contributed by atoms with Gasteiger partial charge in [-0.25, -0.2) is 4.39 Å². The van der Waals surface area contributed by atoms with E-state index in [1.54, 1.807) is 19.1 Å². The zero-order chi connectivity index (χ0) is 19.8. The fourth-order valence-corrected chi connectivity index (χ4v) is 5.69. The minimum Gasteiger partial charge on any atom is -0.391 e. The summed E-state index contributed by atoms with van der Waals surface area (Å²) in [7, 11) is 0. The summed E-state index contributed by atoms with van der Waals surface area (Å²) in [5, 5.41) is 9.77. The van der Waals surface area contributed by atoms with Gasteiger partial charge in [-0.15, -0.1) is 24.8 Å². The molecule has 0 aliphatic carbocycles. The highest BCUT2D eigenvalue weighted by Gasteiger charge is 2.48. The Labute approximate surface area is 191 Å². The SMILES string of the molecule is C[C@@H](O)[C@H](N)C(=O)N1C[C@H]2C[C@@H](C1)[C@H](Cc1cccc(F)c1)N1CCCC[C@@H]21.Cl.Cl. The Morgan fingerprint density at radius 2 is 2.00 bits per heavy atom. The van der Waals surface area contributed by atoms with Crippen LogP contribution in [-0.4, -0.2) is 64.7 Å². The smallest absolute Gasteiger partial charge is 0.242 e. The molecule has 3 heterocycles. The van der Waals surface area contributed by atoms with Crippen molar-refractivity contribution in [2.75, 3.05) is 19.6 Å². The highest BCUT2D eigenvalue weighted by atomic mass is 35.5. The van der Waals surface area contributed by atoms with Gasteiger partial charge in [-0.1, -0.05) is 18.6 Å². The largest absolute Gasteiger partial charge is 0.391 e. The van der Waals surface area contributed by atoms with E-state index >= 15 is 0 Å². The molecule has 0 unspecified atom stereocenters. The number of amides is 1. The van der Waals surface area contributed by atoms with Crippen LogP contribution in [0.5, 0.6) is 0 Å². The lowest BCUT2D eigenvalue weighted by molar-refractivity contribution is -0.144. The quantitative estimate of drug-likeness (QED) is 0.722. The third-order valence-corrected chi connectivity index (χ3v) is 7.07. The Morgan fingerprint density at radius 1 is 1.27 bits per heavy atom. The number of piperidine rings is 3. The number of hydrogen-bond acceptors (Lipinski definition) is 4. The van der Waals surface area contributed by atoms with Crippen molar-refractivity contribution in [1.82, 2.24) is 9.80 Å². The molecule has 4 rings (SSSR count). The molecule has 3 aliphatic rings. The molecule has 0 aromatic heterocycles. The van der Waals surface area contributed by atoms with Crippen LogP contribution >= 0.6 is 24.8 Å². The number of aliphatic hydroxyl groups excluding tert-OH is 1. The molecule has 3 saturated heterocycles. The van der Waals surface area contributed by atoms with Crippen LogP contribution in [0.1, 0.15) is 38.2 Å². The van der Waals surface area contributed by atoms with Crippen LogP contribution in [0.4, 0.5) is 4.39 Å². The number of nitrogens with two attached hydrogens (primary N) is 1. The Morgan fingerprint density at radius 3 is 2.70 bits per heavy atom. The third kappa shape index (κ3) is 5.10. The topological polar surface area (TPSA) is 69.8 Å². The van der Waals surface area contributed by atoms with Gasteiger partial charge in [0.2, 0.25) is 5.91 Å². The zero-order valence-corrected chi connectivity index (χ0v) is 19.1. The number of aliphatic hydroxyl groups is 1. The molecule has 1 aromatic rings. The first-order valence-electron chi connectivity index (χ1n) is 10.7. The Hall–Kier alpha value is -0.920. The van der Waals surface area contributed by atoms with Gasteiger partial charge in [-0.05, 0) is 68.7 Å². The van der Waals surface area contributed by atoms with E-state index in [1.807, 2.05) is 11.0 Å². The standard InChI is InChI=1S/C22H32FN3O2.2ClH/c1-14(27)21(24)22(28)25-12-16-11-17(13-25)20(26-8-3-2-7-19(16)26)10-15-5-4-6-18(23)9-15;;/h4-6,9,14,16-17,19-21,27H,2-3,7-8,10-13,24H2,1H3;2*1H/t14-,16-,17+,19+,20+,21+;;/m1../s1. The highest BCUT2D eigenvalue weighted by Crippen LogP contribution is 2.42. The minimum absolute atomic E-state index is 0. The summed E-state index contributed by atoms with van der Waals surface area (Å²) in [6, 6.07) is 6.86. The molecule has 0 saturated carbocycles. The zero-order valence-electron chi connectivity index (χ0n) is 17.5. The van der Waals surface area contributed by atoms with Crippen molar-refractivity contribution in [2.45, 2.75) is 63.3 Å². The molecule has 30 heavy (non-hydrogen) atoms. The third-order valence-electron chi connectivity index (χ3n) is 7.07. The van der Waals surface area contributed by atoms with Crippen molar-refractivity contribution < 1.29 is 14.3 Å². The van der Waals surface area contributed by atoms with Gasteiger partial charge >= 0.3 is 0 Å².